The molecule has 3 aromatic heterocycles. The zero-order chi connectivity index (χ0) is 14.7. The van der Waals surface area contributed by atoms with Gasteiger partial charge in [0, 0.05) is 30.2 Å². The van der Waals surface area contributed by atoms with Crippen LogP contribution in [0.15, 0.2) is 43.8 Å². The Morgan fingerprint density at radius 1 is 1.33 bits per heavy atom. The van der Waals surface area contributed by atoms with Crippen molar-refractivity contribution in [1.82, 2.24) is 19.5 Å². The minimum absolute atomic E-state index is 0.399. The molecule has 0 saturated carbocycles. The van der Waals surface area contributed by atoms with Crippen LogP contribution in [0.1, 0.15) is 5.56 Å². The Bertz CT molecular complexity index is 771. The van der Waals surface area contributed by atoms with Crippen molar-refractivity contribution >= 4 is 30.3 Å². The van der Waals surface area contributed by atoms with E-state index >= 15 is 0 Å². The van der Waals surface area contributed by atoms with Crippen LogP contribution in [0.4, 0.5) is 0 Å². The molecule has 0 aliphatic rings. The molecule has 0 unspecified atom stereocenters. The van der Waals surface area contributed by atoms with Gasteiger partial charge in [-0.15, -0.1) is 0 Å². The van der Waals surface area contributed by atoms with E-state index in [0.29, 0.717) is 30.0 Å². The van der Waals surface area contributed by atoms with Gasteiger partial charge in [-0.3, -0.25) is 4.98 Å². The van der Waals surface area contributed by atoms with Crippen LogP contribution in [0.3, 0.4) is 0 Å². The largest absolute Gasteiger partial charge is 0.476 e. The second-order valence-corrected chi connectivity index (χ2v) is 4.49. The van der Waals surface area contributed by atoms with Crippen LogP contribution in [0.2, 0.25) is 0 Å². The number of hydrogen-bond acceptors (Lipinski definition) is 4. The molecule has 21 heavy (non-hydrogen) atoms. The maximum atomic E-state index is 6.10. The molecule has 0 fully saturated rings. The Hall–Kier alpha value is -2.63. The van der Waals surface area contributed by atoms with Crippen LogP contribution < -0.4 is 10.2 Å². The molecule has 0 aliphatic heterocycles. The monoisotopic (exact) mass is 276 g/mol. The molecule has 0 bridgehead atoms. The van der Waals surface area contributed by atoms with Gasteiger partial charge in [0.05, 0.1) is 18.4 Å². The number of imidazole rings is 1. The maximum absolute atomic E-state index is 6.10. The molecular weight excluding hydrogens is 263 g/mol. The molecule has 6 heteroatoms. The summed E-state index contributed by atoms with van der Waals surface area (Å²) < 4.78 is 7.56. The van der Waals surface area contributed by atoms with Crippen molar-refractivity contribution in [2.75, 3.05) is 6.61 Å². The van der Waals surface area contributed by atoms with E-state index in [9.17, 15) is 0 Å². The van der Waals surface area contributed by atoms with Crippen molar-refractivity contribution in [1.29, 1.82) is 0 Å². The number of fused-ring (bicyclic) bond motifs is 1. The van der Waals surface area contributed by atoms with Gasteiger partial charge < -0.3 is 9.30 Å². The first-order valence-electron chi connectivity index (χ1n) is 6.54. The average Bonchev–Trinajstić information content (AvgIpc) is 3.02. The van der Waals surface area contributed by atoms with Crippen molar-refractivity contribution in [3.8, 4) is 5.88 Å². The van der Waals surface area contributed by atoms with Crippen LogP contribution >= 0.6 is 0 Å². The summed E-state index contributed by atoms with van der Waals surface area (Å²) in [5.41, 5.74) is 2.08. The Morgan fingerprint density at radius 3 is 3.00 bits per heavy atom. The van der Waals surface area contributed by atoms with Gasteiger partial charge in [-0.2, -0.15) is 0 Å². The van der Waals surface area contributed by atoms with E-state index in [1.165, 1.54) is 0 Å². The molecule has 0 amide bonds. The topological polar surface area (TPSA) is 52.8 Å². The van der Waals surface area contributed by atoms with E-state index in [1.807, 2.05) is 16.8 Å². The van der Waals surface area contributed by atoms with Crippen molar-refractivity contribution in [2.24, 2.45) is 0 Å². The summed E-state index contributed by atoms with van der Waals surface area (Å²) in [7, 11) is 6.10. The number of aromatic nitrogens is 4. The molecule has 0 aliphatic carbocycles. The van der Waals surface area contributed by atoms with Gasteiger partial charge in [-0.1, -0.05) is 12.7 Å². The van der Waals surface area contributed by atoms with Crippen LogP contribution in [-0.4, -0.2) is 34.0 Å². The summed E-state index contributed by atoms with van der Waals surface area (Å²) in [4.78, 5) is 12.5. The molecule has 0 atom stereocenters. The molecule has 0 spiro atoms. The zero-order valence-electron chi connectivity index (χ0n) is 11.4. The molecule has 3 rings (SSSR count). The van der Waals surface area contributed by atoms with Crippen LogP contribution in [0, 0.1) is 0 Å². The molecule has 5 nitrogen and oxygen atoms in total. The third-order valence-corrected chi connectivity index (χ3v) is 3.19. The van der Waals surface area contributed by atoms with E-state index in [4.69, 9.17) is 12.6 Å². The van der Waals surface area contributed by atoms with E-state index in [0.717, 1.165) is 10.9 Å². The molecule has 3 aromatic rings. The van der Waals surface area contributed by atoms with E-state index in [1.54, 1.807) is 31.0 Å². The fraction of sp³-hybridized carbons (Fsp3) is 0.133. The molecule has 102 valence electrons. The highest BCUT2D eigenvalue weighted by atomic mass is 16.5. The quantitative estimate of drug-likeness (QED) is 0.660. The fourth-order valence-electron chi connectivity index (χ4n) is 2.09. The van der Waals surface area contributed by atoms with Gasteiger partial charge in [0.25, 0.3) is 0 Å². The minimum Gasteiger partial charge on any atom is -0.476 e. The third kappa shape index (κ3) is 2.65. The summed E-state index contributed by atoms with van der Waals surface area (Å²) in [6.07, 6.45) is 10.5. The lowest BCUT2D eigenvalue weighted by atomic mass is 9.93. The molecule has 0 aromatic carbocycles. The van der Waals surface area contributed by atoms with Gasteiger partial charge in [-0.05, 0) is 17.1 Å². The Labute approximate surface area is 123 Å². The summed E-state index contributed by atoms with van der Waals surface area (Å²) >= 11 is 0. The average molecular weight is 276 g/mol. The first-order valence-corrected chi connectivity index (χ1v) is 6.54. The summed E-state index contributed by atoms with van der Waals surface area (Å²) in [5, 5.41) is 0.868. The van der Waals surface area contributed by atoms with Crippen molar-refractivity contribution in [2.45, 2.75) is 6.54 Å². The SMILES string of the molecule is [B]c1c(OCCn2ccnc2)ncc2c(C=C)ccnc12. The summed E-state index contributed by atoms with van der Waals surface area (Å²) in [6, 6.07) is 1.87. The molecule has 0 saturated heterocycles. The Balaban J connectivity index is 1.83. The number of nitrogens with zero attached hydrogens (tertiary/aromatic N) is 4. The standard InChI is InChI=1S/C15H13BN4O/c1-2-11-3-4-18-14-12(11)9-19-15(13(14)16)21-8-7-20-6-5-17-10-20/h2-6,9-10H,1,7-8H2. The highest BCUT2D eigenvalue weighted by Crippen LogP contribution is 2.17. The Morgan fingerprint density at radius 2 is 2.24 bits per heavy atom. The number of ether oxygens (including phenoxy) is 1. The van der Waals surface area contributed by atoms with Crippen molar-refractivity contribution < 1.29 is 4.74 Å². The van der Waals surface area contributed by atoms with Crippen LogP contribution in [0.25, 0.3) is 17.0 Å². The van der Waals surface area contributed by atoms with Crippen molar-refractivity contribution in [3.63, 3.8) is 0 Å². The molecule has 0 N–H and O–H groups in total. The first kappa shape index (κ1) is 13.4. The lowest BCUT2D eigenvalue weighted by Gasteiger charge is -2.11. The highest BCUT2D eigenvalue weighted by Gasteiger charge is 2.08. The second kappa shape index (κ2) is 5.79. The smallest absolute Gasteiger partial charge is 0.208 e. The fourth-order valence-corrected chi connectivity index (χ4v) is 2.09. The number of rotatable bonds is 5. The predicted octanol–water partition coefficient (Wildman–Crippen LogP) is 1.34. The van der Waals surface area contributed by atoms with Crippen LogP contribution in [-0.2, 0) is 6.54 Å². The van der Waals surface area contributed by atoms with E-state index in [-0.39, 0.29) is 0 Å². The first-order chi connectivity index (χ1) is 10.3. The van der Waals surface area contributed by atoms with Gasteiger partial charge in [0.15, 0.2) is 0 Å². The second-order valence-electron chi connectivity index (χ2n) is 4.49. The molecular formula is C15H13BN4O. The van der Waals surface area contributed by atoms with Crippen molar-refractivity contribution in [3.05, 3.63) is 49.3 Å². The molecule has 2 radical (unpaired) electrons. The van der Waals surface area contributed by atoms with Gasteiger partial charge in [-0.25, -0.2) is 9.97 Å². The summed E-state index contributed by atoms with van der Waals surface area (Å²) in [5.74, 6) is 0.399. The Kier molecular flexibility index (Phi) is 3.68. The normalized spacial score (nSPS) is 10.7. The highest BCUT2D eigenvalue weighted by molar-refractivity contribution is 6.40. The zero-order valence-corrected chi connectivity index (χ0v) is 11.4. The lowest BCUT2D eigenvalue weighted by Crippen LogP contribution is -2.16. The lowest BCUT2D eigenvalue weighted by molar-refractivity contribution is 0.290. The van der Waals surface area contributed by atoms with E-state index in [2.05, 4.69) is 21.5 Å². The molecule has 3 heterocycles. The van der Waals surface area contributed by atoms with Gasteiger partial charge >= 0.3 is 0 Å². The number of hydrogen-bond donors (Lipinski definition) is 0. The van der Waals surface area contributed by atoms with Gasteiger partial charge in [0.1, 0.15) is 14.5 Å². The maximum Gasteiger partial charge on any atom is 0.208 e. The van der Waals surface area contributed by atoms with Crippen LogP contribution in [0.5, 0.6) is 5.88 Å². The summed E-state index contributed by atoms with van der Waals surface area (Å²) in [6.45, 7) is 4.91. The minimum atomic E-state index is 0.399. The van der Waals surface area contributed by atoms with E-state index < -0.39 is 0 Å². The third-order valence-electron chi connectivity index (χ3n) is 3.19. The van der Waals surface area contributed by atoms with Gasteiger partial charge in [0.2, 0.25) is 5.88 Å². The number of pyridine rings is 2. The predicted molar refractivity (Wildman–Crippen MR) is 82.7 cm³/mol.